The molecule has 1 aliphatic rings. The molecule has 11 heteroatoms. The van der Waals surface area contributed by atoms with Crippen LogP contribution < -0.4 is 11.2 Å². The Labute approximate surface area is 214 Å². The fourth-order valence-electron chi connectivity index (χ4n) is 4.44. The summed E-state index contributed by atoms with van der Waals surface area (Å²) in [5.74, 6) is -0.267. The molecule has 0 unspecified atom stereocenters. The number of thiophene rings is 1. The van der Waals surface area contributed by atoms with E-state index in [0.29, 0.717) is 52.6 Å². The minimum atomic E-state index is -1.85. The highest BCUT2D eigenvalue weighted by molar-refractivity contribution is 7.20. The molecule has 0 spiro atoms. The Balaban J connectivity index is 1.80. The minimum Gasteiger partial charge on any atom is -0.393 e. The van der Waals surface area contributed by atoms with Crippen LogP contribution in [0.5, 0.6) is 0 Å². The number of nitrogens with zero attached hydrogens (tertiary/aromatic N) is 3. The molecule has 3 heterocycles. The average Bonchev–Trinajstić information content (AvgIpc) is 3.19. The maximum Gasteiger partial charge on any atom is 0.332 e. The molecule has 1 saturated heterocycles. The number of amides is 1. The summed E-state index contributed by atoms with van der Waals surface area (Å²) in [6.07, 6.45) is -0.418. The number of piperidine rings is 1. The summed E-state index contributed by atoms with van der Waals surface area (Å²) in [5.41, 5.74) is 0.0919. The number of carbonyl (C=O) groups is 1. The molecule has 1 amide bonds. The van der Waals surface area contributed by atoms with Crippen LogP contribution in [0.15, 0.2) is 46.0 Å². The molecule has 1 aliphatic heterocycles. The highest BCUT2D eigenvalue weighted by atomic mass is 35.5. The van der Waals surface area contributed by atoms with Gasteiger partial charge in [0.15, 0.2) is 0 Å². The van der Waals surface area contributed by atoms with Gasteiger partial charge in [-0.25, -0.2) is 4.79 Å². The lowest BCUT2D eigenvalue weighted by Gasteiger charge is -2.29. The maximum atomic E-state index is 13.5. The van der Waals surface area contributed by atoms with E-state index in [2.05, 4.69) is 0 Å². The van der Waals surface area contributed by atoms with Crippen molar-refractivity contribution in [1.29, 1.82) is 0 Å². The Morgan fingerprint density at radius 2 is 1.86 bits per heavy atom. The number of fused-ring (bicyclic) bond motifs is 1. The number of rotatable bonds is 7. The van der Waals surface area contributed by atoms with E-state index in [1.165, 1.54) is 4.57 Å². The summed E-state index contributed by atoms with van der Waals surface area (Å²) in [5, 5.41) is 10.5. The number of aliphatic hydroxyl groups excluding tert-OH is 1. The number of aliphatic hydroxyl groups is 1. The summed E-state index contributed by atoms with van der Waals surface area (Å²) in [6.45, 7) is 2.43. The van der Waals surface area contributed by atoms with Gasteiger partial charge in [0.1, 0.15) is 4.83 Å². The largest absolute Gasteiger partial charge is 0.393 e. The highest BCUT2D eigenvalue weighted by Gasteiger charge is 2.28. The lowest BCUT2D eigenvalue weighted by molar-refractivity contribution is 0.0550. The fraction of sp³-hybridized carbons (Fsp3) is 0.400. The first kappa shape index (κ1) is 26.2. The summed E-state index contributed by atoms with van der Waals surface area (Å²) < 4.78 is 27.8. The predicted octanol–water partition coefficient (Wildman–Crippen LogP) is 4.20. The molecule has 0 atom stereocenters. The van der Waals surface area contributed by atoms with Gasteiger partial charge in [-0.1, -0.05) is 29.8 Å². The van der Waals surface area contributed by atoms with Gasteiger partial charge in [0.25, 0.3) is 17.5 Å². The summed E-state index contributed by atoms with van der Waals surface area (Å²) in [4.78, 5) is 42.4. The van der Waals surface area contributed by atoms with Crippen molar-refractivity contribution in [3.05, 3.63) is 78.3 Å². The molecule has 7 nitrogen and oxygen atoms in total. The van der Waals surface area contributed by atoms with Crippen LogP contribution in [-0.4, -0.2) is 44.2 Å². The number of carbonyl (C=O) groups excluding carboxylic acids is 1. The average molecular weight is 538 g/mol. The molecule has 192 valence electrons. The third-order valence-corrected chi connectivity index (χ3v) is 8.13. The standard InChI is InChI=1S/C25H26ClF2N3O4S/c1-15-20-22(33)30(14-8-16-5-2-3-6-18(16)26)25(35)31(11-4-7-19(27)28)24(20)36-21(15)23(34)29-12-9-17(32)10-13-29/h2-3,5-7,17,32H,4,8-14H2,1H3. The minimum absolute atomic E-state index is 0.0488. The van der Waals surface area contributed by atoms with Gasteiger partial charge in [0.05, 0.1) is 16.4 Å². The number of aromatic nitrogens is 2. The lowest BCUT2D eigenvalue weighted by Crippen LogP contribution is -2.40. The van der Waals surface area contributed by atoms with Crippen LogP contribution in [0.25, 0.3) is 10.2 Å². The second kappa shape index (κ2) is 11.1. The number of hydrogen-bond acceptors (Lipinski definition) is 5. The van der Waals surface area contributed by atoms with E-state index in [4.69, 9.17) is 11.6 Å². The Morgan fingerprint density at radius 3 is 2.53 bits per heavy atom. The molecule has 0 aliphatic carbocycles. The SMILES string of the molecule is Cc1c(C(=O)N2CCC(O)CC2)sc2c1c(=O)n(CCc1ccccc1Cl)c(=O)n2CCC=C(F)F. The maximum absolute atomic E-state index is 13.5. The van der Waals surface area contributed by atoms with E-state index in [0.717, 1.165) is 27.5 Å². The van der Waals surface area contributed by atoms with Crippen LogP contribution >= 0.6 is 22.9 Å². The first-order valence-electron chi connectivity index (χ1n) is 11.7. The van der Waals surface area contributed by atoms with Crippen molar-refractivity contribution >= 4 is 39.1 Å². The van der Waals surface area contributed by atoms with E-state index in [-0.39, 0.29) is 30.8 Å². The molecule has 0 radical (unpaired) electrons. The number of allylic oxidation sites excluding steroid dienone is 1. The van der Waals surface area contributed by atoms with E-state index in [1.807, 2.05) is 6.07 Å². The van der Waals surface area contributed by atoms with Crippen LogP contribution in [-0.2, 0) is 19.5 Å². The number of halogens is 3. The topological polar surface area (TPSA) is 84.5 Å². The molecule has 1 fully saturated rings. The molecule has 0 saturated carbocycles. The van der Waals surface area contributed by atoms with Crippen LogP contribution in [0.3, 0.4) is 0 Å². The van der Waals surface area contributed by atoms with Gasteiger partial charge < -0.3 is 10.0 Å². The Bertz CT molecular complexity index is 1430. The second-order valence-corrected chi connectivity index (χ2v) is 10.2. The van der Waals surface area contributed by atoms with E-state index < -0.39 is 23.4 Å². The van der Waals surface area contributed by atoms with Gasteiger partial charge in [-0.15, -0.1) is 11.3 Å². The number of benzene rings is 1. The van der Waals surface area contributed by atoms with E-state index >= 15 is 0 Å². The van der Waals surface area contributed by atoms with Crippen molar-refractivity contribution in [3.8, 4) is 0 Å². The Kier molecular flexibility index (Phi) is 8.07. The molecule has 1 N–H and O–H groups in total. The Morgan fingerprint density at radius 1 is 1.17 bits per heavy atom. The third kappa shape index (κ3) is 5.30. The number of hydrogen-bond donors (Lipinski definition) is 1. The molecule has 36 heavy (non-hydrogen) atoms. The molecule has 1 aromatic carbocycles. The van der Waals surface area contributed by atoms with Crippen molar-refractivity contribution in [1.82, 2.24) is 14.0 Å². The Hall–Kier alpha value is -2.82. The summed E-state index contributed by atoms with van der Waals surface area (Å²) in [6, 6.07) is 7.12. The summed E-state index contributed by atoms with van der Waals surface area (Å²) in [7, 11) is 0. The van der Waals surface area contributed by atoms with Gasteiger partial charge in [0, 0.05) is 31.2 Å². The predicted molar refractivity (Wildman–Crippen MR) is 136 cm³/mol. The van der Waals surface area contributed by atoms with Crippen molar-refractivity contribution < 1.29 is 18.7 Å². The van der Waals surface area contributed by atoms with Crippen molar-refractivity contribution in [2.24, 2.45) is 0 Å². The van der Waals surface area contributed by atoms with Gasteiger partial charge in [-0.3, -0.25) is 18.7 Å². The molecule has 3 aromatic rings. The number of aryl methyl sites for hydroxylation is 3. The molecular weight excluding hydrogens is 512 g/mol. The van der Waals surface area contributed by atoms with Gasteiger partial charge in [0.2, 0.25) is 0 Å². The first-order chi connectivity index (χ1) is 17.2. The van der Waals surface area contributed by atoms with Crippen molar-refractivity contribution in [3.63, 3.8) is 0 Å². The highest BCUT2D eigenvalue weighted by Crippen LogP contribution is 2.30. The zero-order valence-electron chi connectivity index (χ0n) is 19.7. The van der Waals surface area contributed by atoms with E-state index in [1.54, 1.807) is 30.0 Å². The smallest absolute Gasteiger partial charge is 0.332 e. The van der Waals surface area contributed by atoms with Crippen LogP contribution in [0.2, 0.25) is 5.02 Å². The van der Waals surface area contributed by atoms with Gasteiger partial charge in [-0.2, -0.15) is 8.78 Å². The van der Waals surface area contributed by atoms with Crippen LogP contribution in [0.4, 0.5) is 8.78 Å². The normalized spacial score (nSPS) is 14.4. The van der Waals surface area contributed by atoms with Crippen molar-refractivity contribution in [2.45, 2.75) is 51.8 Å². The summed E-state index contributed by atoms with van der Waals surface area (Å²) >= 11 is 7.27. The zero-order valence-corrected chi connectivity index (χ0v) is 21.2. The molecule has 0 bridgehead atoms. The molecule has 4 rings (SSSR count). The quantitative estimate of drug-likeness (QED) is 0.489. The monoisotopic (exact) mass is 537 g/mol. The van der Waals surface area contributed by atoms with Gasteiger partial charge >= 0.3 is 5.69 Å². The zero-order chi connectivity index (χ0) is 26.0. The molecular formula is C25H26ClF2N3O4S. The lowest BCUT2D eigenvalue weighted by atomic mass is 10.1. The van der Waals surface area contributed by atoms with Crippen LogP contribution in [0.1, 0.15) is 40.1 Å². The van der Waals surface area contributed by atoms with E-state index in [9.17, 15) is 28.3 Å². The van der Waals surface area contributed by atoms with Crippen molar-refractivity contribution in [2.75, 3.05) is 13.1 Å². The first-order valence-corrected chi connectivity index (χ1v) is 12.9. The fourth-order valence-corrected chi connectivity index (χ4v) is 5.96. The molecule has 2 aromatic heterocycles. The third-order valence-electron chi connectivity index (χ3n) is 6.45. The van der Waals surface area contributed by atoms with Gasteiger partial charge in [-0.05, 0) is 55.9 Å². The number of likely N-dealkylation sites (tertiary alicyclic amines) is 1. The second-order valence-electron chi connectivity index (χ2n) is 8.77. The van der Waals surface area contributed by atoms with Crippen LogP contribution in [0, 0.1) is 6.92 Å².